The summed E-state index contributed by atoms with van der Waals surface area (Å²) < 4.78 is 1.44. The number of aryl methyl sites for hydroxylation is 1. The highest BCUT2D eigenvalue weighted by molar-refractivity contribution is 7.98. The summed E-state index contributed by atoms with van der Waals surface area (Å²) in [4.78, 5) is 19.6. The third-order valence-electron chi connectivity index (χ3n) is 3.63. The van der Waals surface area contributed by atoms with Gasteiger partial charge >= 0.3 is 0 Å². The first-order chi connectivity index (χ1) is 9.72. The SMILES string of the molecule is CCc1cc(=O)n2nc(N3CCCC3CSC)sc2n1. The molecule has 0 aromatic carbocycles. The van der Waals surface area contributed by atoms with Gasteiger partial charge in [0.25, 0.3) is 5.56 Å². The van der Waals surface area contributed by atoms with Crippen molar-refractivity contribution in [2.75, 3.05) is 23.5 Å². The van der Waals surface area contributed by atoms with Crippen LogP contribution in [0, 0.1) is 0 Å². The summed E-state index contributed by atoms with van der Waals surface area (Å²) in [6.45, 7) is 3.04. The number of fused-ring (bicyclic) bond motifs is 1. The second kappa shape index (κ2) is 5.73. The molecule has 1 fully saturated rings. The smallest absolute Gasteiger partial charge is 0.275 e. The van der Waals surface area contributed by atoms with E-state index in [9.17, 15) is 4.79 Å². The van der Waals surface area contributed by atoms with Crippen LogP contribution in [0.1, 0.15) is 25.5 Å². The van der Waals surface area contributed by atoms with Gasteiger partial charge in [-0.15, -0.1) is 5.10 Å². The lowest BCUT2D eigenvalue weighted by atomic mass is 10.2. The van der Waals surface area contributed by atoms with E-state index in [0.29, 0.717) is 11.0 Å². The second-order valence-electron chi connectivity index (χ2n) is 4.96. The number of hydrogen-bond donors (Lipinski definition) is 0. The Morgan fingerprint density at radius 1 is 1.55 bits per heavy atom. The highest BCUT2D eigenvalue weighted by Crippen LogP contribution is 2.30. The number of nitrogens with zero attached hydrogens (tertiary/aromatic N) is 4. The molecule has 3 rings (SSSR count). The topological polar surface area (TPSA) is 50.5 Å². The monoisotopic (exact) mass is 310 g/mol. The van der Waals surface area contributed by atoms with Crippen molar-refractivity contribution in [3.8, 4) is 0 Å². The first kappa shape index (κ1) is 13.9. The maximum atomic E-state index is 12.0. The van der Waals surface area contributed by atoms with Gasteiger partial charge in [0, 0.05) is 30.1 Å². The van der Waals surface area contributed by atoms with Gasteiger partial charge in [-0.25, -0.2) is 4.98 Å². The number of rotatable bonds is 4. The summed E-state index contributed by atoms with van der Waals surface area (Å²) in [5, 5.41) is 5.41. The lowest BCUT2D eigenvalue weighted by molar-refractivity contribution is 0.733. The van der Waals surface area contributed by atoms with Gasteiger partial charge in [0.1, 0.15) is 0 Å². The Labute approximate surface area is 126 Å². The predicted molar refractivity (Wildman–Crippen MR) is 85.3 cm³/mol. The molecule has 3 heterocycles. The number of hydrogen-bond acceptors (Lipinski definition) is 6. The minimum absolute atomic E-state index is 0.0741. The van der Waals surface area contributed by atoms with E-state index in [2.05, 4.69) is 21.2 Å². The van der Waals surface area contributed by atoms with Crippen molar-refractivity contribution >= 4 is 33.2 Å². The third kappa shape index (κ3) is 2.44. The van der Waals surface area contributed by atoms with Crippen molar-refractivity contribution < 1.29 is 0 Å². The highest BCUT2D eigenvalue weighted by atomic mass is 32.2. The van der Waals surface area contributed by atoms with Crippen LogP contribution >= 0.6 is 23.1 Å². The van der Waals surface area contributed by atoms with Crippen LogP contribution in [0.3, 0.4) is 0 Å². The average Bonchev–Trinajstić information content (AvgIpc) is 3.05. The minimum atomic E-state index is -0.0741. The van der Waals surface area contributed by atoms with E-state index >= 15 is 0 Å². The van der Waals surface area contributed by atoms with Crippen LogP contribution in [0.15, 0.2) is 10.9 Å². The van der Waals surface area contributed by atoms with E-state index in [1.807, 2.05) is 18.7 Å². The molecule has 1 aliphatic rings. The first-order valence-electron chi connectivity index (χ1n) is 6.88. The van der Waals surface area contributed by atoms with Gasteiger partial charge in [-0.3, -0.25) is 4.79 Å². The summed E-state index contributed by atoms with van der Waals surface area (Å²) in [5.41, 5.74) is 0.766. The summed E-state index contributed by atoms with van der Waals surface area (Å²) in [6, 6.07) is 2.12. The first-order valence-corrected chi connectivity index (χ1v) is 9.09. The molecule has 20 heavy (non-hydrogen) atoms. The molecule has 2 aromatic heterocycles. The van der Waals surface area contributed by atoms with Crippen molar-refractivity contribution in [2.45, 2.75) is 32.2 Å². The molecule has 108 valence electrons. The molecule has 0 aliphatic carbocycles. The molecule has 1 saturated heterocycles. The molecule has 0 spiro atoms. The maximum absolute atomic E-state index is 12.0. The van der Waals surface area contributed by atoms with Crippen LogP contribution in [0.5, 0.6) is 0 Å². The Morgan fingerprint density at radius 2 is 2.40 bits per heavy atom. The van der Waals surface area contributed by atoms with Crippen molar-refractivity contribution in [3.63, 3.8) is 0 Å². The zero-order valence-corrected chi connectivity index (χ0v) is 13.3. The molecule has 0 amide bonds. The van der Waals surface area contributed by atoms with Gasteiger partial charge < -0.3 is 4.90 Å². The highest BCUT2D eigenvalue weighted by Gasteiger charge is 2.27. The Balaban J connectivity index is 2.00. The van der Waals surface area contributed by atoms with Crippen molar-refractivity contribution in [2.24, 2.45) is 0 Å². The molecule has 0 bridgehead atoms. The largest absolute Gasteiger partial charge is 0.343 e. The summed E-state index contributed by atoms with van der Waals surface area (Å²) >= 11 is 3.39. The van der Waals surface area contributed by atoms with Gasteiger partial charge in [0.15, 0.2) is 0 Å². The van der Waals surface area contributed by atoms with Gasteiger partial charge in [0.2, 0.25) is 10.1 Å². The fourth-order valence-corrected chi connectivity index (χ4v) is 4.35. The van der Waals surface area contributed by atoms with Crippen LogP contribution in [0.4, 0.5) is 5.13 Å². The fraction of sp³-hybridized carbons (Fsp3) is 0.615. The van der Waals surface area contributed by atoms with E-state index < -0.39 is 0 Å². The molecule has 1 atom stereocenters. The maximum Gasteiger partial charge on any atom is 0.275 e. The van der Waals surface area contributed by atoms with Crippen molar-refractivity contribution in [1.82, 2.24) is 14.6 Å². The summed E-state index contributed by atoms with van der Waals surface area (Å²) in [7, 11) is 0. The molecule has 0 N–H and O–H groups in total. The van der Waals surface area contributed by atoms with E-state index in [0.717, 1.165) is 29.5 Å². The second-order valence-corrected chi connectivity index (χ2v) is 6.81. The summed E-state index contributed by atoms with van der Waals surface area (Å²) in [6.07, 6.45) is 5.31. The molecular formula is C13H18N4OS2. The molecule has 0 saturated carbocycles. The molecular weight excluding hydrogens is 292 g/mol. The van der Waals surface area contributed by atoms with Crippen molar-refractivity contribution in [3.05, 3.63) is 22.1 Å². The fourth-order valence-electron chi connectivity index (χ4n) is 2.60. The summed E-state index contributed by atoms with van der Waals surface area (Å²) in [5.74, 6) is 1.11. The Hall–Kier alpha value is -1.08. The minimum Gasteiger partial charge on any atom is -0.343 e. The Morgan fingerprint density at radius 3 is 3.15 bits per heavy atom. The van der Waals surface area contributed by atoms with Gasteiger partial charge in [-0.05, 0) is 25.5 Å². The van der Waals surface area contributed by atoms with Crippen LogP contribution in [-0.4, -0.2) is 39.2 Å². The quantitative estimate of drug-likeness (QED) is 0.865. The molecule has 5 nitrogen and oxygen atoms in total. The van der Waals surface area contributed by atoms with Crippen molar-refractivity contribution in [1.29, 1.82) is 0 Å². The third-order valence-corrected chi connectivity index (χ3v) is 5.30. The zero-order chi connectivity index (χ0) is 14.1. The molecule has 7 heteroatoms. The van der Waals surface area contributed by atoms with Crippen LogP contribution in [-0.2, 0) is 6.42 Å². The molecule has 1 aliphatic heterocycles. The predicted octanol–water partition coefficient (Wildman–Crippen LogP) is 2.05. The number of anilines is 1. The zero-order valence-electron chi connectivity index (χ0n) is 11.7. The number of thioether (sulfide) groups is 1. The molecule has 2 aromatic rings. The van der Waals surface area contributed by atoms with Gasteiger partial charge in [0.05, 0.1) is 0 Å². The van der Waals surface area contributed by atoms with Crippen LogP contribution in [0.2, 0.25) is 0 Å². The Kier molecular flexibility index (Phi) is 3.98. The average molecular weight is 310 g/mol. The lowest BCUT2D eigenvalue weighted by Gasteiger charge is -2.22. The lowest BCUT2D eigenvalue weighted by Crippen LogP contribution is -2.31. The van der Waals surface area contributed by atoms with Gasteiger partial charge in [-0.2, -0.15) is 16.3 Å². The van der Waals surface area contributed by atoms with E-state index in [1.165, 1.54) is 28.7 Å². The van der Waals surface area contributed by atoms with Crippen LogP contribution < -0.4 is 10.5 Å². The molecule has 1 unspecified atom stereocenters. The van der Waals surface area contributed by atoms with E-state index in [1.54, 1.807) is 6.07 Å². The van der Waals surface area contributed by atoms with Crippen LogP contribution in [0.25, 0.3) is 4.96 Å². The standard InChI is InChI=1S/C13H18N4OS2/c1-3-9-7-11(18)17-12(14-9)20-13(15-17)16-6-4-5-10(16)8-19-2/h7,10H,3-6,8H2,1-2H3. The normalized spacial score (nSPS) is 19.1. The van der Waals surface area contributed by atoms with E-state index in [4.69, 9.17) is 0 Å². The Bertz CT molecular complexity index is 666. The van der Waals surface area contributed by atoms with E-state index in [-0.39, 0.29) is 5.56 Å². The number of aromatic nitrogens is 3. The molecule has 0 radical (unpaired) electrons. The van der Waals surface area contributed by atoms with Gasteiger partial charge in [-0.1, -0.05) is 18.3 Å².